The Labute approximate surface area is 203 Å². The molecule has 1 atom stereocenters. The fourth-order valence-corrected chi connectivity index (χ4v) is 4.12. The molecule has 1 N–H and O–H groups in total. The molecule has 3 aromatic rings. The van der Waals surface area contributed by atoms with Crippen molar-refractivity contribution in [3.8, 4) is 11.5 Å². The standard InChI is InChI=1S/C24H29ClN4O3S/c1-16(2)14-29-23(17(3)32-21-8-6-5-7-20(21)25)27-28-24(29)33-15-22(30)26-13-18-9-11-19(31-4)12-10-18/h5-12,16-17H,13-15H2,1-4H3,(H,26,30). The van der Waals surface area contributed by atoms with Gasteiger partial charge in [-0.15, -0.1) is 10.2 Å². The van der Waals surface area contributed by atoms with Crippen molar-refractivity contribution < 1.29 is 14.3 Å². The molecule has 0 aliphatic heterocycles. The summed E-state index contributed by atoms with van der Waals surface area (Å²) < 4.78 is 13.2. The van der Waals surface area contributed by atoms with Crippen LogP contribution in [-0.4, -0.2) is 33.5 Å². The minimum absolute atomic E-state index is 0.0724. The number of amides is 1. The molecule has 0 fully saturated rings. The number of hydrogen-bond donors (Lipinski definition) is 1. The van der Waals surface area contributed by atoms with Crippen molar-refractivity contribution in [3.05, 3.63) is 64.9 Å². The van der Waals surface area contributed by atoms with Crippen LogP contribution in [0.5, 0.6) is 11.5 Å². The van der Waals surface area contributed by atoms with Crippen LogP contribution in [0.4, 0.5) is 0 Å². The smallest absolute Gasteiger partial charge is 0.230 e. The van der Waals surface area contributed by atoms with Crippen LogP contribution in [0.2, 0.25) is 5.02 Å². The van der Waals surface area contributed by atoms with E-state index < -0.39 is 0 Å². The van der Waals surface area contributed by atoms with Crippen LogP contribution < -0.4 is 14.8 Å². The maximum atomic E-state index is 12.4. The van der Waals surface area contributed by atoms with Crippen molar-refractivity contribution >= 4 is 29.3 Å². The van der Waals surface area contributed by atoms with Crippen LogP contribution in [0.3, 0.4) is 0 Å². The zero-order valence-electron chi connectivity index (χ0n) is 19.2. The van der Waals surface area contributed by atoms with Gasteiger partial charge in [0.2, 0.25) is 5.91 Å². The lowest BCUT2D eigenvalue weighted by molar-refractivity contribution is -0.118. The molecule has 0 aliphatic carbocycles. The Morgan fingerprint density at radius 1 is 1.12 bits per heavy atom. The lowest BCUT2D eigenvalue weighted by atomic mass is 10.2. The predicted octanol–water partition coefficient (Wildman–Crippen LogP) is 5.14. The average Bonchev–Trinajstić information content (AvgIpc) is 3.20. The van der Waals surface area contributed by atoms with E-state index in [1.165, 1.54) is 11.8 Å². The molecule has 0 aliphatic rings. The van der Waals surface area contributed by atoms with Crippen LogP contribution in [0.15, 0.2) is 53.7 Å². The number of aromatic nitrogens is 3. The molecule has 0 bridgehead atoms. The van der Waals surface area contributed by atoms with Crippen LogP contribution in [0.25, 0.3) is 0 Å². The van der Waals surface area contributed by atoms with Crippen molar-refractivity contribution in [2.45, 2.75) is 45.1 Å². The van der Waals surface area contributed by atoms with Gasteiger partial charge >= 0.3 is 0 Å². The summed E-state index contributed by atoms with van der Waals surface area (Å²) in [5, 5.41) is 12.9. The third-order valence-corrected chi connectivity index (χ3v) is 6.06. The molecular formula is C24H29ClN4O3S. The molecule has 9 heteroatoms. The summed E-state index contributed by atoms with van der Waals surface area (Å²) in [6.45, 7) is 7.34. The molecule has 1 aromatic heterocycles. The van der Waals surface area contributed by atoms with E-state index in [2.05, 4.69) is 29.4 Å². The Hall–Kier alpha value is -2.71. The van der Waals surface area contributed by atoms with Gasteiger partial charge in [-0.05, 0) is 42.7 Å². The quantitative estimate of drug-likeness (QED) is 0.376. The Kier molecular flexibility index (Phi) is 9.03. The van der Waals surface area contributed by atoms with E-state index in [1.54, 1.807) is 13.2 Å². The maximum absolute atomic E-state index is 12.4. The van der Waals surface area contributed by atoms with Crippen molar-refractivity contribution in [1.82, 2.24) is 20.1 Å². The van der Waals surface area contributed by atoms with E-state index in [4.69, 9.17) is 21.1 Å². The first-order valence-corrected chi connectivity index (χ1v) is 12.1. The summed E-state index contributed by atoms with van der Waals surface area (Å²) in [6, 6.07) is 14.9. The van der Waals surface area contributed by atoms with Gasteiger partial charge < -0.3 is 19.4 Å². The van der Waals surface area contributed by atoms with Crippen molar-refractivity contribution in [2.24, 2.45) is 5.92 Å². The van der Waals surface area contributed by atoms with Gasteiger partial charge in [0.25, 0.3) is 0 Å². The molecule has 176 valence electrons. The summed E-state index contributed by atoms with van der Waals surface area (Å²) in [5.74, 6) is 2.62. The number of para-hydroxylation sites is 1. The summed E-state index contributed by atoms with van der Waals surface area (Å²) in [5.41, 5.74) is 1.00. The number of rotatable bonds is 11. The van der Waals surface area contributed by atoms with E-state index in [0.29, 0.717) is 40.8 Å². The first-order valence-electron chi connectivity index (χ1n) is 10.7. The van der Waals surface area contributed by atoms with Crippen LogP contribution >= 0.6 is 23.4 Å². The maximum Gasteiger partial charge on any atom is 0.230 e. The van der Waals surface area contributed by atoms with Crippen LogP contribution in [0.1, 0.15) is 38.3 Å². The Morgan fingerprint density at radius 2 is 1.85 bits per heavy atom. The number of halogens is 1. The third-order valence-electron chi connectivity index (χ3n) is 4.78. The van der Waals surface area contributed by atoms with Gasteiger partial charge in [-0.1, -0.05) is 61.5 Å². The second-order valence-electron chi connectivity index (χ2n) is 7.95. The zero-order chi connectivity index (χ0) is 23.8. The molecular weight excluding hydrogens is 460 g/mol. The normalized spacial score (nSPS) is 11.9. The van der Waals surface area contributed by atoms with Gasteiger partial charge in [-0.25, -0.2) is 0 Å². The summed E-state index contributed by atoms with van der Waals surface area (Å²) in [7, 11) is 1.63. The first-order chi connectivity index (χ1) is 15.9. The molecule has 3 rings (SSSR count). The Bertz CT molecular complexity index is 1060. The van der Waals surface area contributed by atoms with Crippen molar-refractivity contribution in [1.29, 1.82) is 0 Å². The monoisotopic (exact) mass is 488 g/mol. The number of thioether (sulfide) groups is 1. The number of hydrogen-bond acceptors (Lipinski definition) is 6. The van der Waals surface area contributed by atoms with Gasteiger partial charge in [0.1, 0.15) is 11.5 Å². The molecule has 0 spiro atoms. The summed E-state index contributed by atoms with van der Waals surface area (Å²) in [4.78, 5) is 12.4. The SMILES string of the molecule is COc1ccc(CNC(=O)CSc2nnc(C(C)Oc3ccccc3Cl)n2CC(C)C)cc1. The minimum atomic E-state index is -0.352. The molecule has 7 nitrogen and oxygen atoms in total. The number of nitrogens with one attached hydrogen (secondary N) is 1. The fourth-order valence-electron chi connectivity index (χ4n) is 3.15. The Morgan fingerprint density at radius 3 is 2.52 bits per heavy atom. The van der Waals surface area contributed by atoms with Gasteiger partial charge in [0.15, 0.2) is 17.1 Å². The predicted molar refractivity (Wildman–Crippen MR) is 131 cm³/mol. The van der Waals surface area contributed by atoms with Crippen molar-refractivity contribution in [3.63, 3.8) is 0 Å². The number of methoxy groups -OCH3 is 1. The highest BCUT2D eigenvalue weighted by molar-refractivity contribution is 7.99. The van der Waals surface area contributed by atoms with Crippen molar-refractivity contribution in [2.75, 3.05) is 12.9 Å². The highest BCUT2D eigenvalue weighted by atomic mass is 35.5. The molecule has 1 heterocycles. The first kappa shape index (κ1) is 24.9. The minimum Gasteiger partial charge on any atom is -0.497 e. The molecule has 1 amide bonds. The largest absolute Gasteiger partial charge is 0.497 e. The second kappa shape index (κ2) is 12.0. The molecule has 2 aromatic carbocycles. The van der Waals surface area contributed by atoms with E-state index in [9.17, 15) is 4.79 Å². The number of nitrogens with zero attached hydrogens (tertiary/aromatic N) is 3. The van der Waals surface area contributed by atoms with Gasteiger partial charge in [-0.2, -0.15) is 0 Å². The third kappa shape index (κ3) is 7.14. The van der Waals surface area contributed by atoms with E-state index in [0.717, 1.165) is 11.3 Å². The van der Waals surface area contributed by atoms with E-state index >= 15 is 0 Å². The molecule has 0 saturated heterocycles. The van der Waals surface area contributed by atoms with Gasteiger partial charge in [0, 0.05) is 13.1 Å². The number of carbonyl (C=O) groups excluding carboxylic acids is 1. The lowest BCUT2D eigenvalue weighted by Crippen LogP contribution is -2.24. The van der Waals surface area contributed by atoms with E-state index in [-0.39, 0.29) is 17.8 Å². The average molecular weight is 489 g/mol. The molecule has 33 heavy (non-hydrogen) atoms. The Balaban J connectivity index is 1.62. The number of benzene rings is 2. The van der Waals surface area contributed by atoms with Gasteiger partial charge in [0.05, 0.1) is 17.9 Å². The van der Waals surface area contributed by atoms with Crippen LogP contribution in [0, 0.1) is 5.92 Å². The van der Waals surface area contributed by atoms with E-state index in [1.807, 2.05) is 54.0 Å². The second-order valence-corrected chi connectivity index (χ2v) is 9.30. The number of carbonyl (C=O) groups is 1. The van der Waals surface area contributed by atoms with Crippen LogP contribution in [-0.2, 0) is 17.9 Å². The molecule has 0 radical (unpaired) electrons. The fraction of sp³-hybridized carbons (Fsp3) is 0.375. The molecule has 1 unspecified atom stereocenters. The van der Waals surface area contributed by atoms with Gasteiger partial charge in [-0.3, -0.25) is 4.79 Å². The zero-order valence-corrected chi connectivity index (χ0v) is 20.8. The summed E-state index contributed by atoms with van der Waals surface area (Å²) in [6.07, 6.45) is -0.352. The highest BCUT2D eigenvalue weighted by Gasteiger charge is 2.21. The lowest BCUT2D eigenvalue weighted by Gasteiger charge is -2.18. The summed E-state index contributed by atoms with van der Waals surface area (Å²) >= 11 is 7.60. The topological polar surface area (TPSA) is 78.3 Å². The number of ether oxygens (including phenoxy) is 2. The highest BCUT2D eigenvalue weighted by Crippen LogP contribution is 2.29. The molecule has 0 saturated carbocycles.